The van der Waals surface area contributed by atoms with Gasteiger partial charge in [0, 0.05) is 36.3 Å². The highest BCUT2D eigenvalue weighted by atomic mass is 35.5. The van der Waals surface area contributed by atoms with Gasteiger partial charge in [0.05, 0.1) is 6.54 Å². The van der Waals surface area contributed by atoms with Gasteiger partial charge in [0.15, 0.2) is 0 Å². The van der Waals surface area contributed by atoms with Crippen molar-refractivity contribution in [2.24, 2.45) is 0 Å². The number of halogens is 1. The van der Waals surface area contributed by atoms with Gasteiger partial charge in [-0.15, -0.1) is 0 Å². The molecule has 0 unspecified atom stereocenters. The maximum absolute atomic E-state index is 12.1. The molecule has 0 radical (unpaired) electrons. The van der Waals surface area contributed by atoms with Crippen LogP contribution in [0.15, 0.2) is 54.6 Å². The van der Waals surface area contributed by atoms with Gasteiger partial charge in [-0.25, -0.2) is 0 Å². The summed E-state index contributed by atoms with van der Waals surface area (Å²) < 4.78 is 0. The van der Waals surface area contributed by atoms with Crippen LogP contribution in [0.4, 0.5) is 0 Å². The molecule has 6 heteroatoms. The lowest BCUT2D eigenvalue weighted by atomic mass is 10.2. The van der Waals surface area contributed by atoms with E-state index in [4.69, 9.17) is 11.6 Å². The summed E-state index contributed by atoms with van der Waals surface area (Å²) in [6.07, 6.45) is 0.917. The first-order valence-electron chi connectivity index (χ1n) is 8.69. The van der Waals surface area contributed by atoms with Crippen LogP contribution in [0.25, 0.3) is 0 Å². The normalized spacial score (nSPS) is 17.0. The van der Waals surface area contributed by atoms with Crippen LogP contribution in [0.5, 0.6) is 0 Å². The minimum absolute atomic E-state index is 0.0411. The van der Waals surface area contributed by atoms with E-state index in [-0.39, 0.29) is 24.4 Å². The Balaban J connectivity index is 1.40. The van der Waals surface area contributed by atoms with E-state index in [1.807, 2.05) is 18.2 Å². The zero-order valence-corrected chi connectivity index (χ0v) is 15.2. The Morgan fingerprint density at radius 3 is 2.69 bits per heavy atom. The van der Waals surface area contributed by atoms with Crippen LogP contribution in [0.1, 0.15) is 22.3 Å². The highest BCUT2D eigenvalue weighted by molar-refractivity contribution is 6.30. The summed E-state index contributed by atoms with van der Waals surface area (Å²) >= 11 is 5.87. The van der Waals surface area contributed by atoms with Crippen molar-refractivity contribution in [1.29, 1.82) is 0 Å². The van der Waals surface area contributed by atoms with Crippen LogP contribution in [0.2, 0.25) is 5.02 Å². The smallest absolute Gasteiger partial charge is 0.251 e. The Bertz CT molecular complexity index is 767. The van der Waals surface area contributed by atoms with Crippen molar-refractivity contribution in [3.8, 4) is 0 Å². The zero-order chi connectivity index (χ0) is 18.4. The number of hydrogen-bond donors (Lipinski definition) is 2. The summed E-state index contributed by atoms with van der Waals surface area (Å²) in [7, 11) is 0. The quantitative estimate of drug-likeness (QED) is 0.820. The minimum Gasteiger partial charge on any atom is -0.350 e. The predicted octanol–water partition coefficient (Wildman–Crippen LogP) is 2.46. The Morgan fingerprint density at radius 1 is 1.12 bits per heavy atom. The predicted molar refractivity (Wildman–Crippen MR) is 102 cm³/mol. The van der Waals surface area contributed by atoms with Crippen molar-refractivity contribution in [3.63, 3.8) is 0 Å². The van der Waals surface area contributed by atoms with E-state index in [1.54, 1.807) is 24.3 Å². The maximum atomic E-state index is 12.1. The lowest BCUT2D eigenvalue weighted by molar-refractivity contribution is -0.120. The van der Waals surface area contributed by atoms with E-state index in [9.17, 15) is 9.59 Å². The molecule has 0 saturated carbocycles. The molecule has 0 aliphatic carbocycles. The Labute approximate surface area is 158 Å². The summed E-state index contributed by atoms with van der Waals surface area (Å²) in [5.74, 6) is -0.480. The number of likely N-dealkylation sites (tertiary alicyclic amines) is 1. The number of amides is 2. The van der Waals surface area contributed by atoms with Crippen molar-refractivity contribution >= 4 is 23.4 Å². The molecule has 1 heterocycles. The Hall–Kier alpha value is -2.37. The maximum Gasteiger partial charge on any atom is 0.251 e. The van der Waals surface area contributed by atoms with Crippen LogP contribution in [0.3, 0.4) is 0 Å². The molecule has 2 amide bonds. The average Bonchev–Trinajstić information content (AvgIpc) is 3.07. The second-order valence-electron chi connectivity index (χ2n) is 6.47. The number of nitrogens with one attached hydrogen (secondary N) is 2. The molecule has 0 spiro atoms. The first-order chi connectivity index (χ1) is 12.6. The number of hydrogen-bond acceptors (Lipinski definition) is 3. The molecule has 2 aromatic rings. The fraction of sp³-hybridized carbons (Fsp3) is 0.300. The van der Waals surface area contributed by atoms with Crippen LogP contribution < -0.4 is 10.6 Å². The molecule has 5 nitrogen and oxygen atoms in total. The monoisotopic (exact) mass is 371 g/mol. The van der Waals surface area contributed by atoms with Crippen molar-refractivity contribution < 1.29 is 9.59 Å². The number of carbonyl (C=O) groups is 2. The molecule has 0 bridgehead atoms. The summed E-state index contributed by atoms with van der Waals surface area (Å²) in [5, 5.41) is 6.11. The van der Waals surface area contributed by atoms with Gasteiger partial charge in [0.1, 0.15) is 0 Å². The standard InChI is InChI=1S/C20H22ClN3O2/c21-17-8-4-7-16(11-17)20(26)22-12-19(25)23-18-9-10-24(14-18)13-15-5-2-1-3-6-15/h1-8,11,18H,9-10,12-14H2,(H,22,26)(H,23,25)/t18-/m0/s1. The molecule has 1 fully saturated rings. The molecular formula is C20H22ClN3O2. The van der Waals surface area contributed by atoms with Crippen LogP contribution in [0, 0.1) is 0 Å². The molecule has 2 N–H and O–H groups in total. The minimum atomic E-state index is -0.306. The average molecular weight is 372 g/mol. The summed E-state index contributed by atoms with van der Waals surface area (Å²) in [6.45, 7) is 2.62. The van der Waals surface area contributed by atoms with Gasteiger partial charge < -0.3 is 10.6 Å². The second kappa shape index (κ2) is 8.83. The highest BCUT2D eigenvalue weighted by Gasteiger charge is 2.23. The molecule has 2 aromatic carbocycles. The lowest BCUT2D eigenvalue weighted by Crippen LogP contribution is -2.43. The summed E-state index contributed by atoms with van der Waals surface area (Å²) in [4.78, 5) is 26.5. The molecule has 0 aromatic heterocycles. The van der Waals surface area contributed by atoms with E-state index >= 15 is 0 Å². The van der Waals surface area contributed by atoms with Gasteiger partial charge in [0.2, 0.25) is 5.91 Å². The molecular weight excluding hydrogens is 350 g/mol. The van der Waals surface area contributed by atoms with Crippen molar-refractivity contribution in [2.45, 2.75) is 19.0 Å². The van der Waals surface area contributed by atoms with E-state index in [2.05, 4.69) is 27.7 Å². The SMILES string of the molecule is O=C(CNC(=O)c1cccc(Cl)c1)N[C@H]1CCN(Cc2ccccc2)C1. The van der Waals surface area contributed by atoms with E-state index in [0.29, 0.717) is 10.6 Å². The van der Waals surface area contributed by atoms with Gasteiger partial charge >= 0.3 is 0 Å². The largest absolute Gasteiger partial charge is 0.350 e. The lowest BCUT2D eigenvalue weighted by Gasteiger charge is -2.17. The highest BCUT2D eigenvalue weighted by Crippen LogP contribution is 2.13. The molecule has 136 valence electrons. The zero-order valence-electron chi connectivity index (χ0n) is 14.5. The fourth-order valence-corrected chi connectivity index (χ4v) is 3.30. The third-order valence-electron chi connectivity index (χ3n) is 4.38. The number of nitrogens with zero attached hydrogens (tertiary/aromatic N) is 1. The van der Waals surface area contributed by atoms with Crippen LogP contribution in [-0.2, 0) is 11.3 Å². The fourth-order valence-electron chi connectivity index (χ4n) is 3.11. The number of rotatable bonds is 6. The van der Waals surface area contributed by atoms with Crippen LogP contribution >= 0.6 is 11.6 Å². The molecule has 1 atom stereocenters. The van der Waals surface area contributed by atoms with Gasteiger partial charge in [-0.3, -0.25) is 14.5 Å². The molecule has 1 aliphatic rings. The van der Waals surface area contributed by atoms with Gasteiger partial charge in [-0.05, 0) is 30.2 Å². The van der Waals surface area contributed by atoms with Gasteiger partial charge in [-0.1, -0.05) is 48.0 Å². The van der Waals surface area contributed by atoms with E-state index in [0.717, 1.165) is 26.1 Å². The molecule has 3 rings (SSSR count). The van der Waals surface area contributed by atoms with Crippen LogP contribution in [-0.4, -0.2) is 42.4 Å². The second-order valence-corrected chi connectivity index (χ2v) is 6.90. The molecule has 1 aliphatic heterocycles. The summed E-state index contributed by atoms with van der Waals surface area (Å²) in [6, 6.07) is 17.1. The Kier molecular flexibility index (Phi) is 6.26. The third kappa shape index (κ3) is 5.31. The molecule has 1 saturated heterocycles. The van der Waals surface area contributed by atoms with E-state index < -0.39 is 0 Å². The number of carbonyl (C=O) groups excluding carboxylic acids is 2. The van der Waals surface area contributed by atoms with Gasteiger partial charge in [0.25, 0.3) is 5.91 Å². The van der Waals surface area contributed by atoms with Crippen molar-refractivity contribution in [3.05, 3.63) is 70.7 Å². The van der Waals surface area contributed by atoms with Crippen molar-refractivity contribution in [2.75, 3.05) is 19.6 Å². The molecule has 26 heavy (non-hydrogen) atoms. The Morgan fingerprint density at radius 2 is 1.92 bits per heavy atom. The van der Waals surface area contributed by atoms with Gasteiger partial charge in [-0.2, -0.15) is 0 Å². The van der Waals surface area contributed by atoms with E-state index in [1.165, 1.54) is 5.56 Å². The van der Waals surface area contributed by atoms with Crippen molar-refractivity contribution in [1.82, 2.24) is 15.5 Å². The number of benzene rings is 2. The summed E-state index contributed by atoms with van der Waals surface area (Å²) in [5.41, 5.74) is 1.72. The first kappa shape index (κ1) is 18.4. The first-order valence-corrected chi connectivity index (χ1v) is 9.07. The third-order valence-corrected chi connectivity index (χ3v) is 4.62. The topological polar surface area (TPSA) is 61.4 Å².